The van der Waals surface area contributed by atoms with Gasteiger partial charge in [0.2, 0.25) is 0 Å². The minimum atomic E-state index is 0.465. The van der Waals surface area contributed by atoms with Gasteiger partial charge in [-0.3, -0.25) is 0 Å². The molecule has 1 aliphatic carbocycles. The summed E-state index contributed by atoms with van der Waals surface area (Å²) in [4.78, 5) is 2.63. The SMILES string of the molecule is CC(CN1CC2CCC(N)C2C1)c1ccccc1. The second-order valence-corrected chi connectivity index (χ2v) is 6.20. The van der Waals surface area contributed by atoms with Crippen LogP contribution >= 0.6 is 0 Å². The van der Waals surface area contributed by atoms with Crippen LogP contribution in [0.15, 0.2) is 30.3 Å². The van der Waals surface area contributed by atoms with E-state index >= 15 is 0 Å². The smallest absolute Gasteiger partial charge is 0.00826 e. The Morgan fingerprint density at radius 2 is 2.00 bits per heavy atom. The largest absolute Gasteiger partial charge is 0.327 e. The molecule has 0 aromatic heterocycles. The number of hydrogen-bond donors (Lipinski definition) is 1. The number of fused-ring (bicyclic) bond motifs is 1. The molecular formula is C16H24N2. The van der Waals surface area contributed by atoms with Gasteiger partial charge in [-0.25, -0.2) is 0 Å². The molecule has 1 saturated carbocycles. The average molecular weight is 244 g/mol. The van der Waals surface area contributed by atoms with Crippen molar-refractivity contribution in [2.45, 2.75) is 31.7 Å². The van der Waals surface area contributed by atoms with Crippen LogP contribution in [0.5, 0.6) is 0 Å². The van der Waals surface area contributed by atoms with Gasteiger partial charge < -0.3 is 10.6 Å². The topological polar surface area (TPSA) is 29.3 Å². The van der Waals surface area contributed by atoms with E-state index in [0.717, 1.165) is 11.8 Å². The summed E-state index contributed by atoms with van der Waals surface area (Å²) in [5.41, 5.74) is 7.65. The summed E-state index contributed by atoms with van der Waals surface area (Å²) in [6.45, 7) is 6.02. The van der Waals surface area contributed by atoms with Gasteiger partial charge in [-0.05, 0) is 36.2 Å². The summed E-state index contributed by atoms with van der Waals surface area (Å²) in [6.07, 6.45) is 2.60. The molecule has 18 heavy (non-hydrogen) atoms. The third-order valence-corrected chi connectivity index (χ3v) is 4.89. The summed E-state index contributed by atoms with van der Waals surface area (Å²) in [7, 11) is 0. The molecular weight excluding hydrogens is 220 g/mol. The number of likely N-dealkylation sites (tertiary alicyclic amines) is 1. The van der Waals surface area contributed by atoms with Gasteiger partial charge in [-0.1, -0.05) is 37.3 Å². The van der Waals surface area contributed by atoms with E-state index in [9.17, 15) is 0 Å². The van der Waals surface area contributed by atoms with Crippen molar-refractivity contribution < 1.29 is 0 Å². The Hall–Kier alpha value is -0.860. The predicted octanol–water partition coefficient (Wildman–Crippen LogP) is 2.46. The van der Waals surface area contributed by atoms with Gasteiger partial charge in [-0.2, -0.15) is 0 Å². The van der Waals surface area contributed by atoms with E-state index in [1.165, 1.54) is 38.0 Å². The summed E-state index contributed by atoms with van der Waals surface area (Å²) >= 11 is 0. The van der Waals surface area contributed by atoms with E-state index in [0.29, 0.717) is 12.0 Å². The van der Waals surface area contributed by atoms with Gasteiger partial charge in [0.05, 0.1) is 0 Å². The molecule has 2 aliphatic rings. The van der Waals surface area contributed by atoms with Crippen LogP contribution in [0, 0.1) is 11.8 Å². The van der Waals surface area contributed by atoms with Crippen molar-refractivity contribution in [1.82, 2.24) is 4.90 Å². The predicted molar refractivity (Wildman–Crippen MR) is 75.5 cm³/mol. The average Bonchev–Trinajstić information content (AvgIpc) is 2.93. The molecule has 0 amide bonds. The molecule has 2 fully saturated rings. The van der Waals surface area contributed by atoms with Crippen molar-refractivity contribution in [3.8, 4) is 0 Å². The first-order chi connectivity index (χ1) is 8.74. The van der Waals surface area contributed by atoms with Crippen molar-refractivity contribution in [2.75, 3.05) is 19.6 Å². The molecule has 0 spiro atoms. The zero-order valence-corrected chi connectivity index (χ0v) is 11.3. The van der Waals surface area contributed by atoms with Crippen LogP contribution in [0.1, 0.15) is 31.2 Å². The Morgan fingerprint density at radius 3 is 2.72 bits per heavy atom. The zero-order valence-electron chi connectivity index (χ0n) is 11.3. The number of nitrogens with zero attached hydrogens (tertiary/aromatic N) is 1. The fourth-order valence-corrected chi connectivity index (χ4v) is 3.82. The molecule has 4 unspecified atom stereocenters. The Kier molecular flexibility index (Phi) is 3.40. The molecule has 0 bridgehead atoms. The molecule has 98 valence electrons. The van der Waals surface area contributed by atoms with Crippen LogP contribution in [0.2, 0.25) is 0 Å². The molecule has 2 nitrogen and oxygen atoms in total. The highest BCUT2D eigenvalue weighted by molar-refractivity contribution is 5.19. The first-order valence-electron chi connectivity index (χ1n) is 7.27. The highest BCUT2D eigenvalue weighted by atomic mass is 15.2. The number of benzene rings is 1. The minimum Gasteiger partial charge on any atom is -0.327 e. The van der Waals surface area contributed by atoms with E-state index < -0.39 is 0 Å². The molecule has 2 N–H and O–H groups in total. The lowest BCUT2D eigenvalue weighted by molar-refractivity contribution is 0.291. The third kappa shape index (κ3) is 2.32. The van der Waals surface area contributed by atoms with Crippen molar-refractivity contribution in [3.63, 3.8) is 0 Å². The third-order valence-electron chi connectivity index (χ3n) is 4.89. The lowest BCUT2D eigenvalue weighted by atomic mass is 9.98. The van der Waals surface area contributed by atoms with E-state index in [4.69, 9.17) is 5.73 Å². The molecule has 4 atom stereocenters. The van der Waals surface area contributed by atoms with Crippen LogP contribution in [0.4, 0.5) is 0 Å². The Balaban J connectivity index is 1.59. The van der Waals surface area contributed by atoms with E-state index in [1.54, 1.807) is 0 Å². The summed E-state index contributed by atoms with van der Waals surface area (Å²) in [5, 5.41) is 0. The van der Waals surface area contributed by atoms with Crippen LogP contribution < -0.4 is 5.73 Å². The standard InChI is InChI=1S/C16H24N2/c1-12(13-5-3-2-4-6-13)9-18-10-14-7-8-16(17)15(14)11-18/h2-6,12,14-16H,7-11,17H2,1H3. The Bertz CT molecular complexity index is 389. The highest BCUT2D eigenvalue weighted by Crippen LogP contribution is 2.37. The molecule has 1 aromatic rings. The fourth-order valence-electron chi connectivity index (χ4n) is 3.82. The normalized spacial score (nSPS) is 33.6. The van der Waals surface area contributed by atoms with Crippen molar-refractivity contribution in [2.24, 2.45) is 17.6 Å². The van der Waals surface area contributed by atoms with Gasteiger partial charge >= 0.3 is 0 Å². The highest BCUT2D eigenvalue weighted by Gasteiger charge is 2.40. The fraction of sp³-hybridized carbons (Fsp3) is 0.625. The molecule has 1 heterocycles. The Labute approximate surface area is 110 Å². The second kappa shape index (κ2) is 5.02. The van der Waals surface area contributed by atoms with Crippen LogP contribution in [-0.2, 0) is 0 Å². The monoisotopic (exact) mass is 244 g/mol. The molecule has 1 saturated heterocycles. The van der Waals surface area contributed by atoms with Gasteiger partial charge in [-0.15, -0.1) is 0 Å². The number of hydrogen-bond acceptors (Lipinski definition) is 2. The lowest BCUT2D eigenvalue weighted by Gasteiger charge is -2.22. The van der Waals surface area contributed by atoms with Gasteiger partial charge in [0, 0.05) is 25.7 Å². The molecule has 1 aromatic carbocycles. The maximum atomic E-state index is 6.20. The number of rotatable bonds is 3. The summed E-state index contributed by atoms with van der Waals surface area (Å²) in [5.74, 6) is 2.28. The van der Waals surface area contributed by atoms with E-state index in [2.05, 4.69) is 42.2 Å². The van der Waals surface area contributed by atoms with Crippen LogP contribution in [-0.4, -0.2) is 30.6 Å². The van der Waals surface area contributed by atoms with Crippen LogP contribution in [0.25, 0.3) is 0 Å². The lowest BCUT2D eigenvalue weighted by Crippen LogP contribution is -2.31. The number of nitrogens with two attached hydrogens (primary N) is 1. The van der Waals surface area contributed by atoms with E-state index in [1.807, 2.05) is 0 Å². The Morgan fingerprint density at radius 1 is 1.22 bits per heavy atom. The van der Waals surface area contributed by atoms with Crippen molar-refractivity contribution >= 4 is 0 Å². The molecule has 0 radical (unpaired) electrons. The quantitative estimate of drug-likeness (QED) is 0.885. The summed E-state index contributed by atoms with van der Waals surface area (Å²) in [6, 6.07) is 11.3. The van der Waals surface area contributed by atoms with Gasteiger partial charge in [0.25, 0.3) is 0 Å². The van der Waals surface area contributed by atoms with Crippen molar-refractivity contribution in [1.29, 1.82) is 0 Å². The summed E-state index contributed by atoms with van der Waals surface area (Å²) < 4.78 is 0. The molecule has 3 rings (SSSR count). The molecule has 1 aliphatic heterocycles. The maximum absolute atomic E-state index is 6.20. The first-order valence-corrected chi connectivity index (χ1v) is 7.27. The maximum Gasteiger partial charge on any atom is 0.00826 e. The first kappa shape index (κ1) is 12.2. The van der Waals surface area contributed by atoms with Crippen LogP contribution in [0.3, 0.4) is 0 Å². The molecule has 2 heteroatoms. The van der Waals surface area contributed by atoms with Gasteiger partial charge in [0.1, 0.15) is 0 Å². The zero-order chi connectivity index (χ0) is 12.5. The second-order valence-electron chi connectivity index (χ2n) is 6.20. The van der Waals surface area contributed by atoms with Crippen molar-refractivity contribution in [3.05, 3.63) is 35.9 Å². The van der Waals surface area contributed by atoms with Gasteiger partial charge in [0.15, 0.2) is 0 Å². The minimum absolute atomic E-state index is 0.465. The van der Waals surface area contributed by atoms with E-state index in [-0.39, 0.29) is 0 Å².